The van der Waals surface area contributed by atoms with E-state index in [1.54, 1.807) is 22.9 Å². The first-order valence-electron chi connectivity index (χ1n) is 8.94. The van der Waals surface area contributed by atoms with Gasteiger partial charge in [-0.2, -0.15) is 5.10 Å². The highest BCUT2D eigenvalue weighted by molar-refractivity contribution is 5.94. The standard InChI is InChI=1S/C23H18FN3O/c24-19-11-13-20(14-12-19)27-22(15-21(26-27)18-9-5-2-6-10-18)23(28)25-16-17-7-3-1-4-8-17/h1-15H,16H2,(H,25,28). The van der Waals surface area contributed by atoms with Crippen molar-refractivity contribution >= 4 is 5.91 Å². The lowest BCUT2D eigenvalue weighted by molar-refractivity contribution is 0.0943. The van der Waals surface area contributed by atoms with Gasteiger partial charge in [0.25, 0.3) is 5.91 Å². The quantitative estimate of drug-likeness (QED) is 0.557. The molecule has 1 aromatic heterocycles. The summed E-state index contributed by atoms with van der Waals surface area (Å²) in [5.74, 6) is -0.586. The average molecular weight is 371 g/mol. The highest BCUT2D eigenvalue weighted by Crippen LogP contribution is 2.22. The van der Waals surface area contributed by atoms with Crippen molar-refractivity contribution in [3.63, 3.8) is 0 Å². The van der Waals surface area contributed by atoms with E-state index < -0.39 is 0 Å². The molecule has 1 amide bonds. The molecule has 0 aliphatic heterocycles. The molecular formula is C23H18FN3O. The van der Waals surface area contributed by atoms with Gasteiger partial charge in [0.2, 0.25) is 0 Å². The number of hydrogen-bond donors (Lipinski definition) is 1. The Labute approximate surface area is 162 Å². The van der Waals surface area contributed by atoms with Crippen LogP contribution in [0.2, 0.25) is 0 Å². The molecule has 0 radical (unpaired) electrons. The Morgan fingerprint density at radius 1 is 0.893 bits per heavy atom. The van der Waals surface area contributed by atoms with Crippen molar-refractivity contribution < 1.29 is 9.18 Å². The van der Waals surface area contributed by atoms with Gasteiger partial charge in [-0.15, -0.1) is 0 Å². The van der Waals surface area contributed by atoms with Crippen molar-refractivity contribution in [1.82, 2.24) is 15.1 Å². The van der Waals surface area contributed by atoms with Crippen LogP contribution in [-0.4, -0.2) is 15.7 Å². The smallest absolute Gasteiger partial charge is 0.270 e. The summed E-state index contributed by atoms with van der Waals surface area (Å²) in [5, 5.41) is 7.52. The number of amides is 1. The predicted molar refractivity (Wildman–Crippen MR) is 107 cm³/mol. The maximum absolute atomic E-state index is 13.3. The summed E-state index contributed by atoms with van der Waals surface area (Å²) in [6, 6.07) is 27.0. The monoisotopic (exact) mass is 371 g/mol. The summed E-state index contributed by atoms with van der Waals surface area (Å²) in [7, 11) is 0. The fraction of sp³-hybridized carbons (Fsp3) is 0.0435. The number of carbonyl (C=O) groups excluding carboxylic acids is 1. The summed E-state index contributed by atoms with van der Waals surface area (Å²) < 4.78 is 14.9. The molecule has 0 saturated heterocycles. The molecular weight excluding hydrogens is 353 g/mol. The molecule has 4 nitrogen and oxygen atoms in total. The first-order valence-corrected chi connectivity index (χ1v) is 8.94. The second-order valence-electron chi connectivity index (χ2n) is 6.34. The number of benzene rings is 3. The van der Waals surface area contributed by atoms with Gasteiger partial charge in [0.05, 0.1) is 11.4 Å². The maximum Gasteiger partial charge on any atom is 0.270 e. The molecule has 1 heterocycles. The lowest BCUT2D eigenvalue weighted by atomic mass is 10.1. The van der Waals surface area contributed by atoms with Crippen molar-refractivity contribution in [1.29, 1.82) is 0 Å². The Kier molecular flexibility index (Phi) is 4.97. The average Bonchev–Trinajstić information content (AvgIpc) is 3.19. The molecule has 1 N–H and O–H groups in total. The van der Waals surface area contributed by atoms with Crippen LogP contribution in [0.4, 0.5) is 4.39 Å². The molecule has 138 valence electrons. The molecule has 4 aromatic rings. The Balaban J connectivity index is 1.68. The molecule has 0 bridgehead atoms. The minimum absolute atomic E-state index is 0.247. The Morgan fingerprint density at radius 3 is 2.21 bits per heavy atom. The number of carbonyl (C=O) groups is 1. The lowest BCUT2D eigenvalue weighted by Gasteiger charge is -2.08. The van der Waals surface area contributed by atoms with Gasteiger partial charge in [-0.3, -0.25) is 4.79 Å². The van der Waals surface area contributed by atoms with Crippen LogP contribution >= 0.6 is 0 Å². The fourth-order valence-corrected chi connectivity index (χ4v) is 2.94. The first-order chi connectivity index (χ1) is 13.7. The van der Waals surface area contributed by atoms with E-state index in [4.69, 9.17) is 0 Å². The Morgan fingerprint density at radius 2 is 1.54 bits per heavy atom. The van der Waals surface area contributed by atoms with Crippen LogP contribution in [0.5, 0.6) is 0 Å². The van der Waals surface area contributed by atoms with Crippen molar-refractivity contribution in [2.45, 2.75) is 6.54 Å². The van der Waals surface area contributed by atoms with Gasteiger partial charge in [0.15, 0.2) is 0 Å². The summed E-state index contributed by atoms with van der Waals surface area (Å²) in [6.07, 6.45) is 0. The zero-order valence-corrected chi connectivity index (χ0v) is 15.0. The van der Waals surface area contributed by atoms with Crippen LogP contribution in [0.15, 0.2) is 91.0 Å². The summed E-state index contributed by atoms with van der Waals surface area (Å²) in [5.41, 5.74) is 3.59. The molecule has 0 aliphatic rings. The molecule has 28 heavy (non-hydrogen) atoms. The number of aromatic nitrogens is 2. The van der Waals surface area contributed by atoms with Crippen molar-refractivity contribution in [3.05, 3.63) is 108 Å². The predicted octanol–water partition coefficient (Wildman–Crippen LogP) is 4.61. The normalized spacial score (nSPS) is 10.6. The third kappa shape index (κ3) is 3.83. The molecule has 0 atom stereocenters. The molecule has 5 heteroatoms. The van der Waals surface area contributed by atoms with Crippen LogP contribution in [-0.2, 0) is 6.54 Å². The van der Waals surface area contributed by atoms with E-state index in [0.29, 0.717) is 23.6 Å². The van der Waals surface area contributed by atoms with E-state index in [1.807, 2.05) is 60.7 Å². The highest BCUT2D eigenvalue weighted by atomic mass is 19.1. The SMILES string of the molecule is O=C(NCc1ccccc1)c1cc(-c2ccccc2)nn1-c1ccc(F)cc1. The van der Waals surface area contributed by atoms with Crippen molar-refractivity contribution in [2.24, 2.45) is 0 Å². The summed E-state index contributed by atoms with van der Waals surface area (Å²) in [4.78, 5) is 12.9. The van der Waals surface area contributed by atoms with Crippen LogP contribution < -0.4 is 5.32 Å². The highest BCUT2D eigenvalue weighted by Gasteiger charge is 2.17. The van der Waals surface area contributed by atoms with Gasteiger partial charge in [0.1, 0.15) is 11.5 Å². The molecule has 0 unspecified atom stereocenters. The van der Waals surface area contributed by atoms with Gasteiger partial charge in [0, 0.05) is 12.1 Å². The van der Waals surface area contributed by atoms with E-state index in [0.717, 1.165) is 11.1 Å². The van der Waals surface area contributed by atoms with Crippen molar-refractivity contribution in [3.8, 4) is 16.9 Å². The minimum atomic E-state index is -0.339. The Hall–Kier alpha value is -3.73. The fourth-order valence-electron chi connectivity index (χ4n) is 2.94. The maximum atomic E-state index is 13.3. The van der Waals surface area contributed by atoms with Crippen LogP contribution in [0, 0.1) is 5.82 Å². The molecule has 3 aromatic carbocycles. The zero-order chi connectivity index (χ0) is 19.3. The summed E-state index contributed by atoms with van der Waals surface area (Å²) in [6.45, 7) is 0.412. The van der Waals surface area contributed by atoms with Gasteiger partial charge in [-0.1, -0.05) is 60.7 Å². The second-order valence-corrected chi connectivity index (χ2v) is 6.34. The Bertz CT molecular complexity index is 1070. The number of nitrogens with one attached hydrogen (secondary N) is 1. The number of rotatable bonds is 5. The molecule has 0 fully saturated rings. The van der Waals surface area contributed by atoms with E-state index in [2.05, 4.69) is 10.4 Å². The molecule has 0 aliphatic carbocycles. The molecule has 4 rings (SSSR count). The molecule has 0 saturated carbocycles. The zero-order valence-electron chi connectivity index (χ0n) is 15.0. The van der Waals surface area contributed by atoms with E-state index in [-0.39, 0.29) is 11.7 Å². The van der Waals surface area contributed by atoms with E-state index in [9.17, 15) is 9.18 Å². The first kappa shape index (κ1) is 17.7. The van der Waals surface area contributed by atoms with Gasteiger partial charge >= 0.3 is 0 Å². The van der Waals surface area contributed by atoms with Crippen LogP contribution in [0.25, 0.3) is 16.9 Å². The molecule has 0 spiro atoms. The number of hydrogen-bond acceptors (Lipinski definition) is 2. The number of nitrogens with zero attached hydrogens (tertiary/aromatic N) is 2. The van der Waals surface area contributed by atoms with Gasteiger partial charge in [-0.05, 0) is 35.9 Å². The minimum Gasteiger partial charge on any atom is -0.347 e. The van der Waals surface area contributed by atoms with Crippen LogP contribution in [0.1, 0.15) is 16.1 Å². The number of halogens is 1. The van der Waals surface area contributed by atoms with Crippen LogP contribution in [0.3, 0.4) is 0 Å². The third-order valence-corrected chi connectivity index (χ3v) is 4.38. The second kappa shape index (κ2) is 7.88. The van der Waals surface area contributed by atoms with Gasteiger partial charge in [-0.25, -0.2) is 9.07 Å². The third-order valence-electron chi connectivity index (χ3n) is 4.38. The van der Waals surface area contributed by atoms with E-state index >= 15 is 0 Å². The lowest BCUT2D eigenvalue weighted by Crippen LogP contribution is -2.25. The summed E-state index contributed by atoms with van der Waals surface area (Å²) >= 11 is 0. The largest absolute Gasteiger partial charge is 0.347 e. The van der Waals surface area contributed by atoms with Crippen molar-refractivity contribution in [2.75, 3.05) is 0 Å². The van der Waals surface area contributed by atoms with E-state index in [1.165, 1.54) is 12.1 Å². The van der Waals surface area contributed by atoms with Gasteiger partial charge < -0.3 is 5.32 Å². The topological polar surface area (TPSA) is 46.9 Å².